The molecule has 1 unspecified atom stereocenters. The van der Waals surface area contributed by atoms with Gasteiger partial charge >= 0.3 is 0 Å². The first-order chi connectivity index (χ1) is 13.1. The molecule has 0 radical (unpaired) electrons. The third kappa shape index (κ3) is 3.19. The van der Waals surface area contributed by atoms with Crippen molar-refractivity contribution >= 4 is 17.5 Å². The highest BCUT2D eigenvalue weighted by molar-refractivity contribution is 6.01. The summed E-state index contributed by atoms with van der Waals surface area (Å²) in [7, 11) is 0. The Morgan fingerprint density at radius 2 is 2.22 bits per heavy atom. The van der Waals surface area contributed by atoms with Gasteiger partial charge in [-0.1, -0.05) is 13.0 Å². The summed E-state index contributed by atoms with van der Waals surface area (Å²) in [5.74, 6) is 0.204. The van der Waals surface area contributed by atoms with Gasteiger partial charge in [-0.05, 0) is 43.4 Å². The second-order valence-electron chi connectivity index (χ2n) is 7.31. The van der Waals surface area contributed by atoms with Crippen molar-refractivity contribution in [3.63, 3.8) is 0 Å². The third-order valence-electron chi connectivity index (χ3n) is 5.39. The van der Waals surface area contributed by atoms with Crippen LogP contribution in [0, 0.1) is 17.2 Å². The number of carbonyl (C=O) groups is 2. The van der Waals surface area contributed by atoms with E-state index in [4.69, 9.17) is 5.26 Å². The Kier molecular flexibility index (Phi) is 4.40. The van der Waals surface area contributed by atoms with E-state index in [9.17, 15) is 9.59 Å². The molecule has 4 rings (SSSR count). The number of benzene rings is 1. The van der Waals surface area contributed by atoms with Gasteiger partial charge in [0.2, 0.25) is 5.91 Å². The molecule has 7 heteroatoms. The number of nitrogens with one attached hydrogen (secondary N) is 1. The first kappa shape index (κ1) is 17.3. The average molecular weight is 363 g/mol. The van der Waals surface area contributed by atoms with Crippen LogP contribution in [0.15, 0.2) is 24.3 Å². The number of carbonyl (C=O) groups excluding carboxylic acids is 2. The van der Waals surface area contributed by atoms with Crippen molar-refractivity contribution in [1.82, 2.24) is 15.1 Å². The molecule has 1 saturated heterocycles. The lowest BCUT2D eigenvalue weighted by molar-refractivity contribution is -0.120. The number of piperazine rings is 1. The molecule has 2 amide bonds. The Balaban J connectivity index is 1.50. The van der Waals surface area contributed by atoms with Gasteiger partial charge in [-0.25, -0.2) is 0 Å². The van der Waals surface area contributed by atoms with Crippen LogP contribution >= 0.6 is 0 Å². The van der Waals surface area contributed by atoms with Gasteiger partial charge in [0.1, 0.15) is 6.54 Å². The number of amides is 2. The molecular formula is C20H21N5O2. The quantitative estimate of drug-likeness (QED) is 0.882. The predicted molar refractivity (Wildman–Crippen MR) is 99.2 cm³/mol. The van der Waals surface area contributed by atoms with Crippen LogP contribution in [0.1, 0.15) is 40.7 Å². The molecule has 1 fully saturated rings. The van der Waals surface area contributed by atoms with Crippen LogP contribution in [-0.4, -0.2) is 46.5 Å². The Hall–Kier alpha value is -3.14. The highest BCUT2D eigenvalue weighted by Crippen LogP contribution is 2.27. The number of nitrogens with zero attached hydrogens (tertiary/aromatic N) is 4. The van der Waals surface area contributed by atoms with Gasteiger partial charge in [0.25, 0.3) is 5.91 Å². The number of rotatable bonds is 2. The third-order valence-corrected chi connectivity index (χ3v) is 5.39. The number of aryl methyl sites for hydroxylation is 1. The lowest BCUT2D eigenvalue weighted by Gasteiger charge is -2.34. The van der Waals surface area contributed by atoms with E-state index in [1.165, 1.54) is 0 Å². The van der Waals surface area contributed by atoms with Gasteiger partial charge in [-0.15, -0.1) is 0 Å². The molecule has 1 aromatic carbocycles. The minimum atomic E-state index is -0.180. The summed E-state index contributed by atoms with van der Waals surface area (Å²) >= 11 is 0. The summed E-state index contributed by atoms with van der Waals surface area (Å²) in [5, 5.41) is 16.3. The van der Waals surface area contributed by atoms with Crippen LogP contribution in [0.3, 0.4) is 0 Å². The molecule has 7 nitrogen and oxygen atoms in total. The van der Waals surface area contributed by atoms with Crippen molar-refractivity contribution < 1.29 is 9.59 Å². The predicted octanol–water partition coefficient (Wildman–Crippen LogP) is 1.90. The molecule has 1 aliphatic carbocycles. The zero-order valence-electron chi connectivity index (χ0n) is 15.2. The molecule has 2 aliphatic rings. The van der Waals surface area contributed by atoms with E-state index in [2.05, 4.69) is 23.2 Å². The average Bonchev–Trinajstić information content (AvgIpc) is 3.10. The van der Waals surface area contributed by atoms with Crippen molar-refractivity contribution in [1.29, 1.82) is 5.26 Å². The maximum atomic E-state index is 13.0. The molecule has 2 aromatic rings. The van der Waals surface area contributed by atoms with Crippen molar-refractivity contribution in [3.05, 3.63) is 46.8 Å². The maximum absolute atomic E-state index is 13.0. The van der Waals surface area contributed by atoms with Crippen LogP contribution in [0.4, 0.5) is 5.69 Å². The molecular weight excluding hydrogens is 342 g/mol. The summed E-state index contributed by atoms with van der Waals surface area (Å²) in [6, 6.07) is 9.05. The van der Waals surface area contributed by atoms with E-state index in [1.54, 1.807) is 28.0 Å². The molecule has 1 aliphatic heterocycles. The number of hydrogen-bond acceptors (Lipinski definition) is 4. The van der Waals surface area contributed by atoms with E-state index in [-0.39, 0.29) is 18.4 Å². The van der Waals surface area contributed by atoms with Crippen molar-refractivity contribution in [3.8, 4) is 6.07 Å². The number of aromatic amines is 1. The normalized spacial score (nSPS) is 19.6. The van der Waals surface area contributed by atoms with Gasteiger partial charge < -0.3 is 9.80 Å². The molecule has 27 heavy (non-hydrogen) atoms. The first-order valence-electron chi connectivity index (χ1n) is 9.22. The smallest absolute Gasteiger partial charge is 0.275 e. The topological polar surface area (TPSA) is 93.1 Å². The maximum Gasteiger partial charge on any atom is 0.275 e. The van der Waals surface area contributed by atoms with Gasteiger partial charge in [0.05, 0.1) is 11.6 Å². The van der Waals surface area contributed by atoms with Crippen LogP contribution in [0.2, 0.25) is 0 Å². The molecule has 1 atom stereocenters. The summed E-state index contributed by atoms with van der Waals surface area (Å²) in [6.07, 6.45) is 2.86. The van der Waals surface area contributed by atoms with Crippen LogP contribution in [-0.2, 0) is 17.6 Å². The standard InChI is InChI=1S/C20H21N5O2/c1-13-5-6-17-16(9-13)19(23-22-17)20(27)24-7-8-25(18(26)12-24)15-4-2-3-14(10-15)11-21/h2-4,10,13H,5-9,12H2,1H3,(H,22,23). The van der Waals surface area contributed by atoms with Crippen molar-refractivity contribution in [2.75, 3.05) is 24.5 Å². The Morgan fingerprint density at radius 3 is 3.00 bits per heavy atom. The molecule has 0 bridgehead atoms. The highest BCUT2D eigenvalue weighted by Gasteiger charge is 2.32. The van der Waals surface area contributed by atoms with Gasteiger partial charge in [-0.3, -0.25) is 14.7 Å². The fraction of sp³-hybridized carbons (Fsp3) is 0.400. The molecule has 1 N–H and O–H groups in total. The summed E-state index contributed by atoms with van der Waals surface area (Å²) in [6.45, 7) is 3.05. The van der Waals surface area contributed by atoms with Crippen molar-refractivity contribution in [2.24, 2.45) is 5.92 Å². The lowest BCUT2D eigenvalue weighted by atomic mass is 9.87. The number of anilines is 1. The van der Waals surface area contributed by atoms with Crippen LogP contribution in [0.25, 0.3) is 0 Å². The van der Waals surface area contributed by atoms with Crippen LogP contribution < -0.4 is 4.90 Å². The van der Waals surface area contributed by atoms with E-state index in [0.29, 0.717) is 36.0 Å². The largest absolute Gasteiger partial charge is 0.326 e. The second-order valence-corrected chi connectivity index (χ2v) is 7.31. The van der Waals surface area contributed by atoms with Gasteiger partial charge in [-0.2, -0.15) is 10.4 Å². The highest BCUT2D eigenvalue weighted by atomic mass is 16.2. The van der Waals surface area contributed by atoms with Gasteiger partial charge in [0, 0.05) is 30.0 Å². The Bertz CT molecular complexity index is 942. The summed E-state index contributed by atoms with van der Waals surface area (Å²) in [4.78, 5) is 28.8. The summed E-state index contributed by atoms with van der Waals surface area (Å²) < 4.78 is 0. The zero-order valence-corrected chi connectivity index (χ0v) is 15.2. The zero-order chi connectivity index (χ0) is 19.0. The Morgan fingerprint density at radius 1 is 1.37 bits per heavy atom. The summed E-state index contributed by atoms with van der Waals surface area (Å²) in [5.41, 5.74) is 3.72. The number of fused-ring (bicyclic) bond motifs is 1. The van der Waals surface area contributed by atoms with Crippen molar-refractivity contribution in [2.45, 2.75) is 26.2 Å². The molecule has 1 aromatic heterocycles. The van der Waals surface area contributed by atoms with E-state index in [1.807, 2.05) is 6.07 Å². The van der Waals surface area contributed by atoms with E-state index < -0.39 is 0 Å². The molecule has 0 saturated carbocycles. The number of hydrogen-bond donors (Lipinski definition) is 1. The number of nitriles is 1. The lowest BCUT2D eigenvalue weighted by Crippen LogP contribution is -2.52. The first-order valence-corrected chi connectivity index (χ1v) is 9.22. The fourth-order valence-corrected chi connectivity index (χ4v) is 3.86. The van der Waals surface area contributed by atoms with E-state index >= 15 is 0 Å². The minimum Gasteiger partial charge on any atom is -0.326 e. The number of aromatic nitrogens is 2. The molecule has 138 valence electrons. The Labute approximate surface area is 157 Å². The number of H-pyrrole nitrogens is 1. The minimum absolute atomic E-state index is 0.0206. The fourth-order valence-electron chi connectivity index (χ4n) is 3.86. The van der Waals surface area contributed by atoms with Gasteiger partial charge in [0.15, 0.2) is 5.69 Å². The van der Waals surface area contributed by atoms with Crippen LogP contribution in [0.5, 0.6) is 0 Å². The monoisotopic (exact) mass is 363 g/mol. The second kappa shape index (κ2) is 6.88. The molecule has 2 heterocycles. The molecule has 0 spiro atoms. The van der Waals surface area contributed by atoms with E-state index in [0.717, 1.165) is 30.5 Å². The SMILES string of the molecule is CC1CCc2[nH]nc(C(=O)N3CCN(c4cccc(C#N)c4)C(=O)C3)c2C1.